The maximum atomic E-state index is 12.9. The fourth-order valence-corrected chi connectivity index (χ4v) is 2.85. The number of halogens is 5. The van der Waals surface area contributed by atoms with Crippen LogP contribution in [0.3, 0.4) is 0 Å². The number of hydrogen-bond donors (Lipinski definition) is 0. The van der Waals surface area contributed by atoms with Crippen molar-refractivity contribution < 1.29 is 13.2 Å². The van der Waals surface area contributed by atoms with Crippen molar-refractivity contribution >= 4 is 23.2 Å². The molecule has 1 aliphatic rings. The molecule has 0 heterocycles. The van der Waals surface area contributed by atoms with E-state index in [1.807, 2.05) is 0 Å². The van der Waals surface area contributed by atoms with Gasteiger partial charge in [0.25, 0.3) is 0 Å². The molecule has 5 heteroatoms. The van der Waals surface area contributed by atoms with Crippen molar-refractivity contribution in [3.63, 3.8) is 0 Å². The fraction of sp³-hybridized carbons (Fsp3) is 0.286. The van der Waals surface area contributed by atoms with Crippen LogP contribution in [-0.2, 0) is 12.6 Å². The Morgan fingerprint density at radius 1 is 1.21 bits per heavy atom. The van der Waals surface area contributed by atoms with Crippen LogP contribution >= 0.6 is 23.2 Å². The lowest BCUT2D eigenvalue weighted by atomic mass is 9.90. The first-order chi connectivity index (χ1) is 8.80. The smallest absolute Gasteiger partial charge is 0.166 e. The Labute approximate surface area is 119 Å². The standard InChI is InChI=1S/C14H11Cl2F3/c15-11-5-3-7-13(16,9-11)8-10-4-1-2-6-12(10)14(17,18)19/h1-7H,8-9H2. The van der Waals surface area contributed by atoms with Gasteiger partial charge in [-0.2, -0.15) is 13.2 Å². The highest BCUT2D eigenvalue weighted by atomic mass is 35.5. The molecule has 19 heavy (non-hydrogen) atoms. The summed E-state index contributed by atoms with van der Waals surface area (Å²) in [5.41, 5.74) is -0.463. The quantitative estimate of drug-likeness (QED) is 0.650. The maximum Gasteiger partial charge on any atom is 0.416 e. The van der Waals surface area contributed by atoms with Crippen molar-refractivity contribution in [3.05, 3.63) is 58.7 Å². The Hall–Kier alpha value is -0.930. The van der Waals surface area contributed by atoms with Crippen LogP contribution in [0.15, 0.2) is 47.5 Å². The normalized spacial score (nSPS) is 23.3. The summed E-state index contributed by atoms with van der Waals surface area (Å²) in [7, 11) is 0. The van der Waals surface area contributed by atoms with Gasteiger partial charge >= 0.3 is 6.18 Å². The Morgan fingerprint density at radius 3 is 2.53 bits per heavy atom. The highest BCUT2D eigenvalue weighted by Gasteiger charge is 2.36. The summed E-state index contributed by atoms with van der Waals surface area (Å²) in [5, 5.41) is 0.544. The monoisotopic (exact) mass is 306 g/mol. The zero-order valence-electron chi connectivity index (χ0n) is 9.85. The van der Waals surface area contributed by atoms with E-state index in [4.69, 9.17) is 23.2 Å². The molecule has 1 aromatic carbocycles. The highest BCUT2D eigenvalue weighted by Crippen LogP contribution is 2.38. The summed E-state index contributed by atoms with van der Waals surface area (Å²) in [5.74, 6) is 0. The Bertz CT molecular complexity index is 532. The Morgan fingerprint density at radius 2 is 1.89 bits per heavy atom. The first kappa shape index (κ1) is 14.5. The molecule has 0 saturated carbocycles. The number of rotatable bonds is 2. The van der Waals surface area contributed by atoms with Gasteiger partial charge in [-0.3, -0.25) is 0 Å². The molecule has 0 spiro atoms. The van der Waals surface area contributed by atoms with Crippen LogP contribution in [-0.4, -0.2) is 4.87 Å². The molecule has 2 rings (SSSR count). The van der Waals surface area contributed by atoms with Crippen LogP contribution in [0.5, 0.6) is 0 Å². The van der Waals surface area contributed by atoms with E-state index in [-0.39, 0.29) is 12.0 Å². The van der Waals surface area contributed by atoms with Crippen molar-refractivity contribution in [2.24, 2.45) is 0 Å². The van der Waals surface area contributed by atoms with Gasteiger partial charge in [-0.25, -0.2) is 0 Å². The van der Waals surface area contributed by atoms with Crippen LogP contribution in [0.1, 0.15) is 17.5 Å². The molecule has 1 aliphatic carbocycles. The van der Waals surface area contributed by atoms with Crippen molar-refractivity contribution in [1.82, 2.24) is 0 Å². The van der Waals surface area contributed by atoms with E-state index in [1.165, 1.54) is 12.1 Å². The molecular formula is C14H11Cl2F3. The lowest BCUT2D eigenvalue weighted by Crippen LogP contribution is -2.25. The Kier molecular flexibility index (Phi) is 3.98. The lowest BCUT2D eigenvalue weighted by molar-refractivity contribution is -0.138. The summed E-state index contributed by atoms with van der Waals surface area (Å²) in [6.07, 6.45) is 1.10. The highest BCUT2D eigenvalue weighted by molar-refractivity contribution is 6.32. The van der Waals surface area contributed by atoms with E-state index in [0.717, 1.165) is 6.07 Å². The van der Waals surface area contributed by atoms with Crippen molar-refractivity contribution in [3.8, 4) is 0 Å². The van der Waals surface area contributed by atoms with E-state index in [9.17, 15) is 13.2 Å². The minimum absolute atomic E-state index is 0.0881. The van der Waals surface area contributed by atoms with Crippen LogP contribution in [0.2, 0.25) is 0 Å². The molecule has 0 aromatic heterocycles. The van der Waals surface area contributed by atoms with E-state index in [1.54, 1.807) is 24.3 Å². The number of allylic oxidation sites excluding steroid dienone is 4. The minimum atomic E-state index is -4.37. The van der Waals surface area contributed by atoms with Gasteiger partial charge in [0.1, 0.15) is 0 Å². The summed E-state index contributed by atoms with van der Waals surface area (Å²) in [4.78, 5) is -0.896. The van der Waals surface area contributed by atoms with Crippen LogP contribution < -0.4 is 0 Å². The predicted octanol–water partition coefficient (Wildman–Crippen LogP) is 5.31. The fourth-order valence-electron chi connectivity index (χ4n) is 2.11. The van der Waals surface area contributed by atoms with E-state index in [0.29, 0.717) is 11.5 Å². The molecule has 0 N–H and O–H groups in total. The van der Waals surface area contributed by atoms with Crippen molar-refractivity contribution in [2.45, 2.75) is 23.9 Å². The van der Waals surface area contributed by atoms with Gasteiger partial charge < -0.3 is 0 Å². The zero-order chi connectivity index (χ0) is 14.1. The molecule has 0 fully saturated rings. The molecule has 1 atom stereocenters. The van der Waals surface area contributed by atoms with Gasteiger partial charge in [0.05, 0.1) is 10.4 Å². The van der Waals surface area contributed by atoms with Crippen LogP contribution in [0, 0.1) is 0 Å². The second kappa shape index (κ2) is 5.22. The minimum Gasteiger partial charge on any atom is -0.166 e. The summed E-state index contributed by atoms with van der Waals surface area (Å²) >= 11 is 12.2. The predicted molar refractivity (Wildman–Crippen MR) is 71.4 cm³/mol. The number of alkyl halides is 4. The molecule has 0 amide bonds. The van der Waals surface area contributed by atoms with Gasteiger partial charge in [-0.1, -0.05) is 42.0 Å². The molecule has 102 valence electrons. The third-order valence-corrected chi connectivity index (χ3v) is 3.59. The molecule has 0 saturated heterocycles. The molecule has 1 unspecified atom stereocenters. The van der Waals surface area contributed by atoms with Crippen molar-refractivity contribution in [2.75, 3.05) is 0 Å². The van der Waals surface area contributed by atoms with Gasteiger partial charge in [-0.05, 0) is 24.1 Å². The average molecular weight is 307 g/mol. The zero-order valence-corrected chi connectivity index (χ0v) is 11.4. The SMILES string of the molecule is FC(F)(F)c1ccccc1CC1(Cl)C=CC=C(Cl)C1. The summed E-state index contributed by atoms with van der Waals surface area (Å²) in [6.45, 7) is 0. The largest absolute Gasteiger partial charge is 0.416 e. The molecule has 1 aromatic rings. The lowest BCUT2D eigenvalue weighted by Gasteiger charge is -2.27. The third-order valence-electron chi connectivity index (χ3n) is 2.94. The number of hydrogen-bond acceptors (Lipinski definition) is 0. The first-order valence-electron chi connectivity index (χ1n) is 5.68. The average Bonchev–Trinajstić information content (AvgIpc) is 2.27. The van der Waals surface area contributed by atoms with Crippen molar-refractivity contribution in [1.29, 1.82) is 0 Å². The van der Waals surface area contributed by atoms with Gasteiger partial charge in [-0.15, -0.1) is 11.6 Å². The second-order valence-electron chi connectivity index (χ2n) is 4.52. The summed E-state index contributed by atoms with van der Waals surface area (Å²) in [6, 6.07) is 5.47. The maximum absolute atomic E-state index is 12.9. The second-order valence-corrected chi connectivity index (χ2v) is 5.75. The van der Waals surface area contributed by atoms with E-state index < -0.39 is 16.6 Å². The first-order valence-corrected chi connectivity index (χ1v) is 6.44. The van der Waals surface area contributed by atoms with Crippen LogP contribution in [0.25, 0.3) is 0 Å². The van der Waals surface area contributed by atoms with Gasteiger partial charge in [0, 0.05) is 11.5 Å². The van der Waals surface area contributed by atoms with Crippen LogP contribution in [0.4, 0.5) is 13.2 Å². The van der Waals surface area contributed by atoms with Gasteiger partial charge in [0.15, 0.2) is 0 Å². The molecule has 0 aliphatic heterocycles. The molecular weight excluding hydrogens is 296 g/mol. The number of benzene rings is 1. The molecule has 0 radical (unpaired) electrons. The molecule has 0 nitrogen and oxygen atoms in total. The van der Waals surface area contributed by atoms with Gasteiger partial charge in [0.2, 0.25) is 0 Å². The Balaban J connectivity index is 2.30. The topological polar surface area (TPSA) is 0 Å². The molecule has 0 bridgehead atoms. The third kappa shape index (κ3) is 3.54. The summed E-state index contributed by atoms with van der Waals surface area (Å²) < 4.78 is 38.7. The van der Waals surface area contributed by atoms with E-state index >= 15 is 0 Å². The van der Waals surface area contributed by atoms with E-state index in [2.05, 4.69) is 0 Å².